The zero-order valence-electron chi connectivity index (χ0n) is 14.5. The van der Waals surface area contributed by atoms with E-state index in [-0.39, 0.29) is 12.5 Å². The first kappa shape index (κ1) is 17.2. The van der Waals surface area contributed by atoms with E-state index in [0.29, 0.717) is 37.8 Å². The van der Waals surface area contributed by atoms with E-state index in [2.05, 4.69) is 45.6 Å². The highest BCUT2D eigenvalue weighted by molar-refractivity contribution is 5.84. The summed E-state index contributed by atoms with van der Waals surface area (Å²) in [7, 11) is 0. The van der Waals surface area contributed by atoms with Gasteiger partial charge in [-0.1, -0.05) is 16.8 Å². The number of ether oxygens (including phenoxy) is 1. The lowest BCUT2D eigenvalue weighted by Gasteiger charge is -2.02. The van der Waals surface area contributed by atoms with Crippen LogP contribution in [0.5, 0.6) is 0 Å². The first-order valence-corrected chi connectivity index (χ1v) is 8.38. The van der Waals surface area contributed by atoms with Gasteiger partial charge in [0.15, 0.2) is 5.82 Å². The van der Waals surface area contributed by atoms with Gasteiger partial charge < -0.3 is 19.6 Å². The number of H-pyrrole nitrogens is 1. The fraction of sp³-hybridized carbons (Fsp3) is 0.389. The quantitative estimate of drug-likeness (QED) is 0.656. The van der Waals surface area contributed by atoms with E-state index < -0.39 is 0 Å². The highest BCUT2D eigenvalue weighted by Gasteiger charge is 2.10. The molecule has 2 heterocycles. The number of carbonyl (C=O) groups is 1. The second-order valence-electron chi connectivity index (χ2n) is 5.88. The summed E-state index contributed by atoms with van der Waals surface area (Å²) in [5.41, 5.74) is 3.44. The Kier molecular flexibility index (Phi) is 5.45. The van der Waals surface area contributed by atoms with Gasteiger partial charge in [0.2, 0.25) is 11.8 Å². The molecular weight excluding hydrogens is 320 g/mol. The first-order valence-electron chi connectivity index (χ1n) is 8.38. The maximum Gasteiger partial charge on any atom is 0.246 e. The van der Waals surface area contributed by atoms with Crippen molar-refractivity contribution in [3.05, 3.63) is 47.2 Å². The van der Waals surface area contributed by atoms with Crippen molar-refractivity contribution in [2.24, 2.45) is 0 Å². The van der Waals surface area contributed by atoms with Crippen molar-refractivity contribution in [1.29, 1.82) is 0 Å². The van der Waals surface area contributed by atoms with Crippen LogP contribution in [-0.4, -0.2) is 27.6 Å². The number of fused-ring (bicyclic) bond motifs is 1. The van der Waals surface area contributed by atoms with Gasteiger partial charge in [0, 0.05) is 30.1 Å². The molecule has 0 radical (unpaired) electrons. The fourth-order valence-electron chi connectivity index (χ4n) is 2.62. The zero-order valence-corrected chi connectivity index (χ0v) is 14.5. The van der Waals surface area contributed by atoms with Crippen molar-refractivity contribution in [3.63, 3.8) is 0 Å². The molecule has 3 aromatic rings. The lowest BCUT2D eigenvalue weighted by molar-refractivity contribution is -0.121. The Morgan fingerprint density at radius 1 is 1.40 bits per heavy atom. The van der Waals surface area contributed by atoms with Gasteiger partial charge >= 0.3 is 0 Å². The summed E-state index contributed by atoms with van der Waals surface area (Å²) in [6, 6.07) is 6.26. The van der Waals surface area contributed by atoms with E-state index in [4.69, 9.17) is 9.26 Å². The summed E-state index contributed by atoms with van der Waals surface area (Å²) in [4.78, 5) is 19.5. The van der Waals surface area contributed by atoms with Crippen LogP contribution in [0.1, 0.15) is 36.2 Å². The van der Waals surface area contributed by atoms with Crippen molar-refractivity contribution in [3.8, 4) is 0 Å². The van der Waals surface area contributed by atoms with E-state index in [9.17, 15) is 4.79 Å². The molecule has 0 spiro atoms. The number of carbonyl (C=O) groups excluding carboxylic acids is 1. The van der Waals surface area contributed by atoms with Gasteiger partial charge in [0.25, 0.3) is 0 Å². The Morgan fingerprint density at radius 2 is 2.28 bits per heavy atom. The van der Waals surface area contributed by atoms with Crippen LogP contribution >= 0.6 is 0 Å². The van der Waals surface area contributed by atoms with Crippen LogP contribution < -0.4 is 5.32 Å². The van der Waals surface area contributed by atoms with E-state index in [0.717, 1.165) is 11.1 Å². The lowest BCUT2D eigenvalue weighted by Crippen LogP contribution is -2.23. The van der Waals surface area contributed by atoms with Gasteiger partial charge in [0.05, 0.1) is 6.54 Å². The molecule has 7 heteroatoms. The molecule has 3 rings (SSSR count). The van der Waals surface area contributed by atoms with Crippen LogP contribution in [0.15, 0.2) is 28.9 Å². The third kappa shape index (κ3) is 4.45. The molecule has 0 aliphatic heterocycles. The highest BCUT2D eigenvalue weighted by atomic mass is 16.5. The Morgan fingerprint density at radius 3 is 3.12 bits per heavy atom. The maximum absolute atomic E-state index is 12.1. The smallest absolute Gasteiger partial charge is 0.246 e. The molecule has 0 aliphatic carbocycles. The van der Waals surface area contributed by atoms with Gasteiger partial charge in [-0.2, -0.15) is 4.98 Å². The number of rotatable bonds is 8. The highest BCUT2D eigenvalue weighted by Crippen LogP contribution is 2.20. The van der Waals surface area contributed by atoms with Crippen LogP contribution in [0.4, 0.5) is 0 Å². The van der Waals surface area contributed by atoms with E-state index in [1.54, 1.807) is 0 Å². The third-order valence-corrected chi connectivity index (χ3v) is 3.93. The molecule has 0 bridgehead atoms. The van der Waals surface area contributed by atoms with Gasteiger partial charge in [-0.3, -0.25) is 4.79 Å². The van der Waals surface area contributed by atoms with Gasteiger partial charge in [-0.15, -0.1) is 0 Å². The molecule has 1 aromatic carbocycles. The minimum atomic E-state index is -0.0495. The average molecular weight is 342 g/mol. The molecule has 0 unspecified atom stereocenters. The number of aryl methyl sites for hydroxylation is 2. The minimum Gasteiger partial charge on any atom is -0.374 e. The number of aromatic amines is 1. The number of nitrogens with zero attached hydrogens (tertiary/aromatic N) is 2. The molecule has 0 atom stereocenters. The predicted octanol–water partition coefficient (Wildman–Crippen LogP) is 2.64. The van der Waals surface area contributed by atoms with Crippen molar-refractivity contribution in [2.75, 3.05) is 6.61 Å². The molecule has 1 amide bonds. The molecule has 0 aliphatic rings. The molecule has 25 heavy (non-hydrogen) atoms. The van der Waals surface area contributed by atoms with Crippen LogP contribution in [0, 0.1) is 6.92 Å². The molecule has 0 saturated carbocycles. The largest absolute Gasteiger partial charge is 0.374 e. The van der Waals surface area contributed by atoms with Crippen molar-refractivity contribution in [1.82, 2.24) is 20.4 Å². The number of aromatic nitrogens is 3. The minimum absolute atomic E-state index is 0.0495. The van der Waals surface area contributed by atoms with Crippen LogP contribution in [0.3, 0.4) is 0 Å². The number of hydrogen-bond donors (Lipinski definition) is 2. The molecule has 7 nitrogen and oxygen atoms in total. The summed E-state index contributed by atoms with van der Waals surface area (Å²) >= 11 is 0. The Balaban J connectivity index is 1.49. The molecule has 2 N–H and O–H groups in total. The SMILES string of the molecule is CCOCc1noc(CNC(=O)CCc2c[nH]c3ccc(C)cc23)n1. The van der Waals surface area contributed by atoms with Crippen LogP contribution in [0.2, 0.25) is 0 Å². The summed E-state index contributed by atoms with van der Waals surface area (Å²) in [5.74, 6) is 0.817. The number of hydrogen-bond acceptors (Lipinski definition) is 5. The standard InChI is InChI=1S/C18H22N4O3/c1-3-24-11-16-21-18(25-22-16)10-20-17(23)7-5-13-9-19-15-6-4-12(2)8-14(13)15/h4,6,8-9,19H,3,5,7,10-11H2,1-2H3,(H,20,23). The zero-order chi connectivity index (χ0) is 17.6. The monoisotopic (exact) mass is 342 g/mol. The van der Waals surface area contributed by atoms with Crippen molar-refractivity contribution < 1.29 is 14.1 Å². The molecule has 132 valence electrons. The number of amides is 1. The molecule has 0 fully saturated rings. The summed E-state index contributed by atoms with van der Waals surface area (Å²) in [6.45, 7) is 5.09. The number of nitrogens with one attached hydrogen (secondary N) is 2. The molecular formula is C18H22N4O3. The maximum atomic E-state index is 12.1. The van der Waals surface area contributed by atoms with E-state index in [1.165, 1.54) is 10.9 Å². The predicted molar refractivity (Wildman–Crippen MR) is 92.8 cm³/mol. The van der Waals surface area contributed by atoms with Gasteiger partial charge in [-0.05, 0) is 38.0 Å². The van der Waals surface area contributed by atoms with Crippen molar-refractivity contribution >= 4 is 16.8 Å². The van der Waals surface area contributed by atoms with Crippen LogP contribution in [-0.2, 0) is 29.1 Å². The fourth-order valence-corrected chi connectivity index (χ4v) is 2.62. The molecule has 0 saturated heterocycles. The van der Waals surface area contributed by atoms with Crippen LogP contribution in [0.25, 0.3) is 10.9 Å². The average Bonchev–Trinajstić information content (AvgIpc) is 3.22. The second-order valence-corrected chi connectivity index (χ2v) is 5.88. The molecule has 2 aromatic heterocycles. The normalized spacial score (nSPS) is 11.1. The summed E-state index contributed by atoms with van der Waals surface area (Å²) < 4.78 is 10.3. The summed E-state index contributed by atoms with van der Waals surface area (Å²) in [5, 5.41) is 7.77. The summed E-state index contributed by atoms with van der Waals surface area (Å²) in [6.07, 6.45) is 3.05. The van der Waals surface area contributed by atoms with Crippen molar-refractivity contribution in [2.45, 2.75) is 39.8 Å². The topological polar surface area (TPSA) is 93.0 Å². The van der Waals surface area contributed by atoms with E-state index >= 15 is 0 Å². The Labute approximate surface area is 145 Å². The second kappa shape index (κ2) is 7.94. The van der Waals surface area contributed by atoms with Gasteiger partial charge in [0.1, 0.15) is 6.61 Å². The van der Waals surface area contributed by atoms with Gasteiger partial charge in [-0.25, -0.2) is 0 Å². The Bertz CT molecular complexity index is 853. The third-order valence-electron chi connectivity index (χ3n) is 3.93. The Hall–Kier alpha value is -2.67. The first-order chi connectivity index (χ1) is 12.2. The number of benzene rings is 1. The lowest BCUT2D eigenvalue weighted by atomic mass is 10.1. The van der Waals surface area contributed by atoms with E-state index in [1.807, 2.05) is 13.1 Å².